The Bertz CT molecular complexity index is 789. The normalized spacial score (nSPS) is 18.6. The minimum atomic E-state index is 0.0282. The highest BCUT2D eigenvalue weighted by Gasteiger charge is 2.24. The summed E-state index contributed by atoms with van der Waals surface area (Å²) in [6.45, 7) is 1.88. The maximum Gasteiger partial charge on any atom is 0.101 e. The molecule has 22 heavy (non-hydrogen) atoms. The van der Waals surface area contributed by atoms with Crippen LogP contribution in [0.3, 0.4) is 0 Å². The van der Waals surface area contributed by atoms with Crippen LogP contribution in [0.2, 0.25) is 5.02 Å². The van der Waals surface area contributed by atoms with Gasteiger partial charge in [0.05, 0.1) is 11.6 Å². The van der Waals surface area contributed by atoms with E-state index in [0.29, 0.717) is 6.42 Å². The van der Waals surface area contributed by atoms with Crippen molar-refractivity contribution in [3.63, 3.8) is 0 Å². The maximum atomic E-state index is 13.5. The molecule has 0 saturated carbocycles. The van der Waals surface area contributed by atoms with Crippen molar-refractivity contribution in [1.29, 1.82) is 0 Å². The molecule has 0 fully saturated rings. The number of thiophene rings is 1. The molecular formula is C18H17ClFNS. The predicted molar refractivity (Wildman–Crippen MR) is 91.9 cm³/mol. The van der Waals surface area contributed by atoms with Crippen LogP contribution < -0.4 is 0 Å². The van der Waals surface area contributed by atoms with Crippen molar-refractivity contribution in [2.75, 3.05) is 6.54 Å². The second-order valence-corrected chi connectivity index (χ2v) is 7.44. The summed E-state index contributed by atoms with van der Waals surface area (Å²) in [5.74, 6) is 0.0282. The van der Waals surface area contributed by atoms with E-state index < -0.39 is 0 Å². The second kappa shape index (κ2) is 5.71. The topological polar surface area (TPSA) is 3.24 Å². The fourth-order valence-electron chi connectivity index (χ4n) is 3.43. The van der Waals surface area contributed by atoms with Crippen molar-refractivity contribution < 1.29 is 4.39 Å². The van der Waals surface area contributed by atoms with Crippen molar-refractivity contribution in [1.82, 2.24) is 4.90 Å². The average molecular weight is 334 g/mol. The Morgan fingerprint density at radius 3 is 2.91 bits per heavy atom. The highest BCUT2D eigenvalue weighted by Crippen LogP contribution is 2.39. The largest absolute Gasteiger partial charge is 0.369 e. The fourth-order valence-corrected chi connectivity index (χ4v) is 4.94. The molecule has 0 atom stereocenters. The Morgan fingerprint density at radius 1 is 1.18 bits per heavy atom. The number of benzene rings is 1. The van der Waals surface area contributed by atoms with Crippen molar-refractivity contribution in [3.05, 3.63) is 57.3 Å². The van der Waals surface area contributed by atoms with Crippen LogP contribution in [0.4, 0.5) is 4.39 Å². The first-order valence-corrected chi connectivity index (χ1v) is 8.91. The second-order valence-electron chi connectivity index (χ2n) is 5.92. The lowest BCUT2D eigenvalue weighted by Gasteiger charge is -2.34. The standard InChI is InChI=1S/C18H17ClFNS/c19-18-14-5-1-2-6-16(14)22-17(18)11-21-9-3-4-12-10-13(20)7-8-15(12)21/h1-2,5-6,10H,3-4,7-9,11H2. The summed E-state index contributed by atoms with van der Waals surface area (Å²) in [5, 5.41) is 2.02. The molecule has 0 N–H and O–H groups in total. The van der Waals surface area contributed by atoms with Crippen molar-refractivity contribution in [2.45, 2.75) is 32.2 Å². The molecule has 0 saturated heterocycles. The Labute approximate surface area is 138 Å². The summed E-state index contributed by atoms with van der Waals surface area (Å²) in [6.07, 6.45) is 5.19. The van der Waals surface area contributed by atoms with E-state index in [4.69, 9.17) is 11.6 Å². The van der Waals surface area contributed by atoms with Gasteiger partial charge in [-0.25, -0.2) is 4.39 Å². The quantitative estimate of drug-likeness (QED) is 0.646. The van der Waals surface area contributed by atoms with Gasteiger partial charge in [0.15, 0.2) is 0 Å². The van der Waals surface area contributed by atoms with E-state index in [1.165, 1.54) is 20.8 Å². The highest BCUT2D eigenvalue weighted by atomic mass is 35.5. The molecule has 1 nitrogen and oxygen atoms in total. The van der Waals surface area contributed by atoms with E-state index >= 15 is 0 Å². The first-order valence-electron chi connectivity index (χ1n) is 7.71. The van der Waals surface area contributed by atoms with Crippen LogP contribution in [0.15, 0.2) is 47.4 Å². The van der Waals surface area contributed by atoms with Crippen molar-refractivity contribution >= 4 is 33.0 Å². The number of allylic oxidation sites excluding steroid dienone is 4. The predicted octanol–water partition coefficient (Wildman–Crippen LogP) is 6.05. The molecule has 0 bridgehead atoms. The van der Waals surface area contributed by atoms with Crippen LogP contribution in [0, 0.1) is 0 Å². The first-order chi connectivity index (χ1) is 10.7. The molecule has 1 aliphatic heterocycles. The van der Waals surface area contributed by atoms with Gasteiger partial charge in [-0.1, -0.05) is 29.8 Å². The van der Waals surface area contributed by atoms with Crippen LogP contribution in [-0.2, 0) is 6.54 Å². The smallest absolute Gasteiger partial charge is 0.101 e. The van der Waals surface area contributed by atoms with Gasteiger partial charge in [-0.3, -0.25) is 0 Å². The third kappa shape index (κ3) is 2.46. The zero-order chi connectivity index (χ0) is 15.1. The Kier molecular flexibility index (Phi) is 3.71. The molecule has 4 rings (SSSR count). The van der Waals surface area contributed by atoms with E-state index in [2.05, 4.69) is 23.1 Å². The number of hydrogen-bond acceptors (Lipinski definition) is 2. The molecule has 114 valence electrons. The van der Waals surface area contributed by atoms with Crippen LogP contribution >= 0.6 is 22.9 Å². The van der Waals surface area contributed by atoms with Gasteiger partial charge >= 0.3 is 0 Å². The molecular weight excluding hydrogens is 317 g/mol. The van der Waals surface area contributed by atoms with E-state index in [1.54, 1.807) is 17.4 Å². The minimum Gasteiger partial charge on any atom is -0.369 e. The summed E-state index contributed by atoms with van der Waals surface area (Å²) < 4.78 is 14.7. The minimum absolute atomic E-state index is 0.0282. The van der Waals surface area contributed by atoms with E-state index in [1.807, 2.05) is 6.07 Å². The van der Waals surface area contributed by atoms with Crippen LogP contribution in [0.1, 0.15) is 30.6 Å². The van der Waals surface area contributed by atoms with Gasteiger partial charge in [0, 0.05) is 33.6 Å². The van der Waals surface area contributed by atoms with Crippen LogP contribution in [0.25, 0.3) is 10.1 Å². The molecule has 0 amide bonds. The number of nitrogens with zero attached hydrogens (tertiary/aromatic N) is 1. The van der Waals surface area contributed by atoms with Gasteiger partial charge < -0.3 is 4.90 Å². The molecule has 0 unspecified atom stereocenters. The van der Waals surface area contributed by atoms with E-state index in [0.717, 1.165) is 42.8 Å². The van der Waals surface area contributed by atoms with Crippen LogP contribution in [0.5, 0.6) is 0 Å². The monoisotopic (exact) mass is 333 g/mol. The molecule has 2 heterocycles. The number of rotatable bonds is 2. The Hall–Kier alpha value is -1.32. The molecule has 1 aliphatic carbocycles. The molecule has 1 aromatic heterocycles. The third-order valence-corrected chi connectivity index (χ3v) is 6.19. The van der Waals surface area contributed by atoms with Crippen molar-refractivity contribution in [2.24, 2.45) is 0 Å². The zero-order valence-corrected chi connectivity index (χ0v) is 13.8. The van der Waals surface area contributed by atoms with Gasteiger partial charge in [-0.2, -0.15) is 0 Å². The third-order valence-electron chi connectivity index (χ3n) is 4.49. The summed E-state index contributed by atoms with van der Waals surface area (Å²) in [5.41, 5.74) is 2.51. The number of fused-ring (bicyclic) bond motifs is 1. The van der Waals surface area contributed by atoms with Gasteiger partial charge in [-0.15, -0.1) is 11.3 Å². The van der Waals surface area contributed by atoms with Crippen LogP contribution in [-0.4, -0.2) is 11.4 Å². The lowest BCUT2D eigenvalue weighted by atomic mass is 9.94. The summed E-state index contributed by atoms with van der Waals surface area (Å²) in [6, 6.07) is 8.28. The Balaban J connectivity index is 1.67. The molecule has 4 heteroatoms. The lowest BCUT2D eigenvalue weighted by Crippen LogP contribution is -2.29. The average Bonchev–Trinajstić information content (AvgIpc) is 2.84. The zero-order valence-electron chi connectivity index (χ0n) is 12.2. The maximum absolute atomic E-state index is 13.5. The molecule has 0 radical (unpaired) electrons. The Morgan fingerprint density at radius 2 is 2.05 bits per heavy atom. The molecule has 0 spiro atoms. The molecule has 2 aliphatic rings. The van der Waals surface area contributed by atoms with Crippen molar-refractivity contribution in [3.8, 4) is 0 Å². The summed E-state index contributed by atoms with van der Waals surface area (Å²) in [4.78, 5) is 3.62. The van der Waals surface area contributed by atoms with E-state index in [-0.39, 0.29) is 5.83 Å². The highest BCUT2D eigenvalue weighted by molar-refractivity contribution is 7.19. The number of halogens is 2. The van der Waals surface area contributed by atoms with Gasteiger partial charge in [0.2, 0.25) is 0 Å². The van der Waals surface area contributed by atoms with Gasteiger partial charge in [0.25, 0.3) is 0 Å². The van der Waals surface area contributed by atoms with E-state index in [9.17, 15) is 4.39 Å². The molecule has 1 aromatic carbocycles. The fraction of sp³-hybridized carbons (Fsp3) is 0.333. The summed E-state index contributed by atoms with van der Waals surface area (Å²) in [7, 11) is 0. The summed E-state index contributed by atoms with van der Waals surface area (Å²) >= 11 is 8.34. The lowest BCUT2D eigenvalue weighted by molar-refractivity contribution is 0.295. The molecule has 2 aromatic rings. The first kappa shape index (κ1) is 14.3. The van der Waals surface area contributed by atoms with Gasteiger partial charge in [0.1, 0.15) is 5.83 Å². The number of hydrogen-bond donors (Lipinski definition) is 0. The SMILES string of the molecule is FC1=CC2=C(CC1)N(Cc1sc3ccccc3c1Cl)CCC2. The van der Waals surface area contributed by atoms with Gasteiger partial charge in [-0.05, 0) is 37.0 Å².